The van der Waals surface area contributed by atoms with E-state index in [2.05, 4.69) is 14.7 Å². The fourth-order valence-corrected chi connectivity index (χ4v) is 2.60. The van der Waals surface area contributed by atoms with E-state index >= 15 is 0 Å². The topological polar surface area (TPSA) is 101 Å². The summed E-state index contributed by atoms with van der Waals surface area (Å²) in [6.45, 7) is 0. The van der Waals surface area contributed by atoms with Gasteiger partial charge in [-0.1, -0.05) is 0 Å². The number of rotatable bonds is 3. The van der Waals surface area contributed by atoms with Crippen LogP contribution < -0.4 is 10.5 Å². The van der Waals surface area contributed by atoms with Gasteiger partial charge in [0.15, 0.2) is 0 Å². The SMILES string of the molecule is NC1CC(NS(=O)(=O)c2ncc[nH]2)C1. The van der Waals surface area contributed by atoms with Gasteiger partial charge in [-0.25, -0.2) is 18.1 Å². The molecule has 0 bridgehead atoms. The molecule has 14 heavy (non-hydrogen) atoms. The van der Waals surface area contributed by atoms with Gasteiger partial charge in [0.1, 0.15) is 0 Å². The molecular weight excluding hydrogens is 204 g/mol. The number of aromatic nitrogens is 2. The first-order valence-electron chi connectivity index (χ1n) is 4.35. The molecule has 78 valence electrons. The van der Waals surface area contributed by atoms with Gasteiger partial charge >= 0.3 is 0 Å². The zero-order valence-corrected chi connectivity index (χ0v) is 8.29. The zero-order chi connectivity index (χ0) is 10.2. The minimum absolute atomic E-state index is 0.0416. The summed E-state index contributed by atoms with van der Waals surface area (Å²) in [5, 5.41) is -0.0435. The molecule has 2 rings (SSSR count). The molecule has 1 aromatic rings. The van der Waals surface area contributed by atoms with Gasteiger partial charge in [0, 0.05) is 24.5 Å². The molecule has 0 amide bonds. The van der Waals surface area contributed by atoms with Crippen LogP contribution in [0.5, 0.6) is 0 Å². The number of H-pyrrole nitrogens is 1. The smallest absolute Gasteiger partial charge is 0.274 e. The van der Waals surface area contributed by atoms with Gasteiger partial charge in [0.2, 0.25) is 5.16 Å². The van der Waals surface area contributed by atoms with E-state index in [1.807, 2.05) is 0 Å². The third-order valence-corrected chi connectivity index (χ3v) is 3.60. The second-order valence-electron chi connectivity index (χ2n) is 3.44. The van der Waals surface area contributed by atoms with Crippen molar-refractivity contribution in [2.75, 3.05) is 0 Å². The zero-order valence-electron chi connectivity index (χ0n) is 7.47. The molecule has 6 nitrogen and oxygen atoms in total. The average Bonchev–Trinajstić information content (AvgIpc) is 2.52. The highest BCUT2D eigenvalue weighted by molar-refractivity contribution is 7.89. The van der Waals surface area contributed by atoms with Gasteiger partial charge < -0.3 is 10.7 Å². The maximum absolute atomic E-state index is 11.6. The molecule has 1 heterocycles. The number of imidazole rings is 1. The summed E-state index contributed by atoms with van der Waals surface area (Å²) in [5.41, 5.74) is 5.55. The lowest BCUT2D eigenvalue weighted by atomic mass is 9.89. The Bertz CT molecular complexity index is 393. The van der Waals surface area contributed by atoms with Gasteiger partial charge in [-0.3, -0.25) is 0 Å². The summed E-state index contributed by atoms with van der Waals surface area (Å²) in [5.74, 6) is 0. The number of aromatic amines is 1. The molecule has 0 saturated heterocycles. The Hall–Kier alpha value is -0.920. The number of hydrogen-bond donors (Lipinski definition) is 3. The Morgan fingerprint density at radius 3 is 2.79 bits per heavy atom. The van der Waals surface area contributed by atoms with E-state index in [1.54, 1.807) is 0 Å². The van der Waals surface area contributed by atoms with Crippen LogP contribution in [0.3, 0.4) is 0 Å². The molecule has 1 saturated carbocycles. The molecule has 0 unspecified atom stereocenters. The molecule has 1 aliphatic carbocycles. The Labute approximate surface area is 82.0 Å². The van der Waals surface area contributed by atoms with Crippen molar-refractivity contribution >= 4 is 10.0 Å². The molecule has 4 N–H and O–H groups in total. The van der Waals surface area contributed by atoms with Crippen molar-refractivity contribution in [3.05, 3.63) is 12.4 Å². The highest BCUT2D eigenvalue weighted by Crippen LogP contribution is 2.19. The quantitative estimate of drug-likeness (QED) is 0.614. The monoisotopic (exact) mass is 216 g/mol. The maximum atomic E-state index is 11.6. The molecular formula is C7H12N4O2S. The highest BCUT2D eigenvalue weighted by Gasteiger charge is 2.31. The summed E-state index contributed by atoms with van der Waals surface area (Å²) >= 11 is 0. The first-order valence-corrected chi connectivity index (χ1v) is 5.83. The Morgan fingerprint density at radius 1 is 1.57 bits per heavy atom. The van der Waals surface area contributed by atoms with Gasteiger partial charge in [-0.15, -0.1) is 0 Å². The second-order valence-corrected chi connectivity index (χ2v) is 5.07. The van der Waals surface area contributed by atoms with Crippen molar-refractivity contribution in [1.29, 1.82) is 0 Å². The number of sulfonamides is 1. The Balaban J connectivity index is 2.04. The number of nitrogens with one attached hydrogen (secondary N) is 2. The standard InChI is InChI=1S/C7H12N4O2S/c8-5-3-6(4-5)11-14(12,13)7-9-1-2-10-7/h1-2,5-6,11H,3-4,8H2,(H,9,10). The molecule has 7 heteroatoms. The lowest BCUT2D eigenvalue weighted by molar-refractivity contribution is 0.326. The number of hydrogen-bond acceptors (Lipinski definition) is 4. The largest absolute Gasteiger partial charge is 0.334 e. The van der Waals surface area contributed by atoms with E-state index in [1.165, 1.54) is 12.4 Å². The van der Waals surface area contributed by atoms with Crippen LogP contribution in [0, 0.1) is 0 Å². The molecule has 0 aromatic carbocycles. The van der Waals surface area contributed by atoms with Crippen molar-refractivity contribution in [2.24, 2.45) is 5.73 Å². The van der Waals surface area contributed by atoms with Crippen molar-refractivity contribution in [1.82, 2.24) is 14.7 Å². The molecule has 1 fully saturated rings. The van der Waals surface area contributed by atoms with Crippen molar-refractivity contribution in [3.8, 4) is 0 Å². The maximum Gasteiger partial charge on any atom is 0.274 e. The second kappa shape index (κ2) is 3.34. The van der Waals surface area contributed by atoms with E-state index in [9.17, 15) is 8.42 Å². The summed E-state index contributed by atoms with van der Waals surface area (Å²) in [4.78, 5) is 6.23. The van der Waals surface area contributed by atoms with Crippen molar-refractivity contribution < 1.29 is 8.42 Å². The van der Waals surface area contributed by atoms with E-state index in [0.29, 0.717) is 12.8 Å². The fourth-order valence-electron chi connectivity index (χ4n) is 1.43. The number of nitrogens with zero attached hydrogens (tertiary/aromatic N) is 1. The van der Waals surface area contributed by atoms with E-state index in [4.69, 9.17) is 5.73 Å². The lowest BCUT2D eigenvalue weighted by Gasteiger charge is -2.32. The van der Waals surface area contributed by atoms with Crippen LogP contribution in [0.15, 0.2) is 17.6 Å². The third-order valence-electron chi connectivity index (χ3n) is 2.22. The number of nitrogens with two attached hydrogens (primary N) is 1. The summed E-state index contributed by atoms with van der Waals surface area (Å²) < 4.78 is 25.6. The van der Waals surface area contributed by atoms with Gasteiger partial charge in [-0.2, -0.15) is 0 Å². The Morgan fingerprint density at radius 2 is 2.29 bits per heavy atom. The molecule has 0 spiro atoms. The normalized spacial score (nSPS) is 27.2. The Kier molecular flexibility index (Phi) is 2.30. The highest BCUT2D eigenvalue weighted by atomic mass is 32.2. The molecule has 1 aliphatic rings. The molecule has 1 aromatic heterocycles. The van der Waals surface area contributed by atoms with Gasteiger partial charge in [-0.05, 0) is 12.8 Å². The van der Waals surface area contributed by atoms with Crippen LogP contribution in [-0.4, -0.2) is 30.5 Å². The third kappa shape index (κ3) is 1.79. The van der Waals surface area contributed by atoms with E-state index in [-0.39, 0.29) is 17.2 Å². The minimum Gasteiger partial charge on any atom is -0.334 e. The molecule has 0 aliphatic heterocycles. The first kappa shape index (κ1) is 9.63. The van der Waals surface area contributed by atoms with E-state index < -0.39 is 10.0 Å². The van der Waals surface area contributed by atoms with Crippen LogP contribution in [0.2, 0.25) is 0 Å². The fraction of sp³-hybridized carbons (Fsp3) is 0.571. The lowest BCUT2D eigenvalue weighted by Crippen LogP contribution is -2.50. The molecule has 0 radical (unpaired) electrons. The van der Waals surface area contributed by atoms with Gasteiger partial charge in [0.25, 0.3) is 10.0 Å². The van der Waals surface area contributed by atoms with Crippen molar-refractivity contribution in [3.63, 3.8) is 0 Å². The van der Waals surface area contributed by atoms with Crippen LogP contribution in [-0.2, 0) is 10.0 Å². The van der Waals surface area contributed by atoms with E-state index in [0.717, 1.165) is 0 Å². The minimum atomic E-state index is -3.47. The van der Waals surface area contributed by atoms with Crippen LogP contribution in [0.1, 0.15) is 12.8 Å². The average molecular weight is 216 g/mol. The summed E-state index contributed by atoms with van der Waals surface area (Å²) in [7, 11) is -3.47. The summed E-state index contributed by atoms with van der Waals surface area (Å²) in [6, 6.07) is 0.0828. The predicted octanol–water partition coefficient (Wildman–Crippen LogP) is -0.822. The van der Waals surface area contributed by atoms with Crippen LogP contribution in [0.25, 0.3) is 0 Å². The van der Waals surface area contributed by atoms with Gasteiger partial charge in [0.05, 0.1) is 0 Å². The van der Waals surface area contributed by atoms with Crippen LogP contribution >= 0.6 is 0 Å². The molecule has 0 atom stereocenters. The first-order chi connectivity index (χ1) is 6.58. The summed E-state index contributed by atoms with van der Waals surface area (Å²) in [6.07, 6.45) is 4.27. The van der Waals surface area contributed by atoms with Crippen molar-refractivity contribution in [2.45, 2.75) is 30.1 Å². The van der Waals surface area contributed by atoms with Crippen LogP contribution in [0.4, 0.5) is 0 Å². The predicted molar refractivity (Wildman–Crippen MR) is 49.9 cm³/mol.